The Morgan fingerprint density at radius 1 is 1.00 bits per heavy atom. The van der Waals surface area contributed by atoms with E-state index in [1.165, 1.54) is 11.1 Å². The number of nitrogens with zero attached hydrogens (tertiary/aromatic N) is 3. The molecule has 0 aliphatic heterocycles. The average Bonchev–Trinajstić information content (AvgIpc) is 3.14. The zero-order valence-corrected chi connectivity index (χ0v) is 18.9. The normalized spacial score (nSPS) is 14.7. The summed E-state index contributed by atoms with van der Waals surface area (Å²) >= 11 is 6.12. The van der Waals surface area contributed by atoms with Crippen LogP contribution < -0.4 is 4.90 Å². The van der Waals surface area contributed by atoms with Crippen LogP contribution in [0.1, 0.15) is 34.5 Å². The molecule has 0 amide bonds. The van der Waals surface area contributed by atoms with Crippen molar-refractivity contribution in [2.45, 2.75) is 19.8 Å². The minimum absolute atomic E-state index is 0.772. The Kier molecular flexibility index (Phi) is 7.28. The molecule has 0 saturated heterocycles. The van der Waals surface area contributed by atoms with E-state index >= 15 is 0 Å². The molecule has 2 aliphatic rings. The third-order valence-corrected chi connectivity index (χ3v) is 5.50. The molecule has 2 aromatic rings. The smallest absolute Gasteiger partial charge is 0.128 e. The van der Waals surface area contributed by atoms with Gasteiger partial charge >= 0.3 is 0 Å². The molecular weight excluding hydrogens is 402 g/mol. The Hall–Kier alpha value is -3.35. The summed E-state index contributed by atoms with van der Waals surface area (Å²) in [6.45, 7) is 2.15. The monoisotopic (exact) mass is 427 g/mol. The fourth-order valence-electron chi connectivity index (χ4n) is 3.51. The highest BCUT2D eigenvalue weighted by atomic mass is 35.5. The first-order chi connectivity index (χ1) is 15.0. The molecule has 31 heavy (non-hydrogen) atoms. The number of rotatable bonds is 3. The minimum Gasteiger partial charge on any atom is -0.363 e. The number of hydrogen-bond donors (Lipinski definition) is 0. The zero-order chi connectivity index (χ0) is 22.4. The number of aryl methyl sites for hydroxylation is 1. The largest absolute Gasteiger partial charge is 0.363 e. The molecule has 4 heteroatoms. The Morgan fingerprint density at radius 3 is 2.52 bits per heavy atom. The van der Waals surface area contributed by atoms with E-state index in [1.807, 2.05) is 37.3 Å². The van der Waals surface area contributed by atoms with Crippen molar-refractivity contribution in [3.8, 4) is 12.8 Å². The molecule has 0 spiro atoms. The quantitative estimate of drug-likeness (QED) is 0.544. The van der Waals surface area contributed by atoms with Crippen LogP contribution in [0, 0.1) is 19.8 Å². The van der Waals surface area contributed by atoms with Crippen LogP contribution in [-0.2, 0) is 6.42 Å². The van der Waals surface area contributed by atoms with Crippen LogP contribution in [0.25, 0.3) is 17.2 Å². The van der Waals surface area contributed by atoms with E-state index in [0.717, 1.165) is 51.8 Å². The summed E-state index contributed by atoms with van der Waals surface area (Å²) in [6, 6.07) is 6.34. The van der Waals surface area contributed by atoms with E-state index in [9.17, 15) is 0 Å². The van der Waals surface area contributed by atoms with Crippen LogP contribution in [0.3, 0.4) is 0 Å². The molecule has 0 aromatic carbocycles. The fourth-order valence-corrected chi connectivity index (χ4v) is 3.66. The van der Waals surface area contributed by atoms with Crippen molar-refractivity contribution in [2.24, 2.45) is 0 Å². The van der Waals surface area contributed by atoms with Gasteiger partial charge in [-0.25, -0.2) is 4.98 Å². The molecule has 0 radical (unpaired) electrons. The van der Waals surface area contributed by atoms with Gasteiger partial charge in [0, 0.05) is 37.3 Å². The van der Waals surface area contributed by atoms with E-state index in [-0.39, 0.29) is 0 Å². The number of allylic oxidation sites excluding steroid dienone is 9. The van der Waals surface area contributed by atoms with E-state index in [0.29, 0.717) is 0 Å². The molecule has 0 saturated carbocycles. The maximum Gasteiger partial charge on any atom is 0.128 e. The van der Waals surface area contributed by atoms with Crippen molar-refractivity contribution >= 4 is 34.6 Å². The summed E-state index contributed by atoms with van der Waals surface area (Å²) in [7, 11) is 4.04. The van der Waals surface area contributed by atoms with Crippen molar-refractivity contribution in [1.29, 1.82) is 0 Å². The predicted molar refractivity (Wildman–Crippen MR) is 134 cm³/mol. The highest BCUT2D eigenvalue weighted by molar-refractivity contribution is 6.29. The Morgan fingerprint density at radius 2 is 1.81 bits per heavy atom. The van der Waals surface area contributed by atoms with Gasteiger partial charge < -0.3 is 4.90 Å². The van der Waals surface area contributed by atoms with E-state index in [1.54, 1.807) is 0 Å². The summed E-state index contributed by atoms with van der Waals surface area (Å²) in [4.78, 5) is 11.6. The lowest BCUT2D eigenvalue weighted by Crippen LogP contribution is -2.12. The number of anilines is 1. The highest BCUT2D eigenvalue weighted by Gasteiger charge is 2.13. The van der Waals surface area contributed by atoms with E-state index < -0.39 is 0 Å². The van der Waals surface area contributed by atoms with Gasteiger partial charge in [-0.15, -0.1) is 12.8 Å². The maximum absolute atomic E-state index is 6.12. The lowest BCUT2D eigenvalue weighted by molar-refractivity contribution is 1.03. The predicted octanol–water partition coefficient (Wildman–Crippen LogP) is 6.22. The number of fused-ring (bicyclic) bond motifs is 1. The number of terminal acetylenes is 1. The summed E-state index contributed by atoms with van der Waals surface area (Å²) in [6.07, 6.45) is 26.2. The molecule has 0 bridgehead atoms. The van der Waals surface area contributed by atoms with Crippen LogP contribution in [0.2, 0.25) is 0 Å². The van der Waals surface area contributed by atoms with Crippen LogP contribution in [-0.4, -0.2) is 24.1 Å². The van der Waals surface area contributed by atoms with Crippen molar-refractivity contribution in [2.75, 3.05) is 19.0 Å². The topological polar surface area (TPSA) is 29.0 Å². The third kappa shape index (κ3) is 5.23. The van der Waals surface area contributed by atoms with Gasteiger partial charge in [0.15, 0.2) is 0 Å². The van der Waals surface area contributed by atoms with Gasteiger partial charge in [0.05, 0.1) is 11.4 Å². The van der Waals surface area contributed by atoms with Gasteiger partial charge in [-0.2, -0.15) is 0 Å². The van der Waals surface area contributed by atoms with Gasteiger partial charge in [0.25, 0.3) is 0 Å². The SMILES string of the molecule is C#C.Cc1cc(N(C)C)nc2c1CC=C(c1ccc(C3=CC=C(Cl)CC=C3)cn1)C=C2. The molecule has 0 unspecified atom stereocenters. The van der Waals surface area contributed by atoms with Gasteiger partial charge in [-0.05, 0) is 59.9 Å². The summed E-state index contributed by atoms with van der Waals surface area (Å²) in [5.74, 6) is 0.982. The molecule has 2 aromatic heterocycles. The standard InChI is InChI=1S/C25H24ClN3.C2H2/c1-17-15-25(29(2)3)28-24-14-9-19(8-12-22(17)24)23-13-10-20(16-27-23)18-5-4-6-21(26)11-7-18;1-2/h4-5,7-11,13-16H,6,12H2,1-3H3;1-2H. The summed E-state index contributed by atoms with van der Waals surface area (Å²) in [5, 5.41) is 0.843. The van der Waals surface area contributed by atoms with E-state index in [2.05, 4.69) is 68.3 Å². The Bertz CT molecular complexity index is 1130. The summed E-state index contributed by atoms with van der Waals surface area (Å²) < 4.78 is 0. The number of pyridine rings is 2. The molecule has 2 aliphatic carbocycles. The number of halogens is 1. The Balaban J connectivity index is 0.00000132. The maximum atomic E-state index is 6.12. The molecular formula is C27H26ClN3. The van der Waals surface area contributed by atoms with Crippen LogP contribution in [0.4, 0.5) is 5.82 Å². The second-order valence-corrected chi connectivity index (χ2v) is 8.01. The number of hydrogen-bond acceptors (Lipinski definition) is 3. The molecule has 4 rings (SSSR count). The minimum atomic E-state index is 0.772. The van der Waals surface area contributed by atoms with Gasteiger partial charge in [0.1, 0.15) is 5.82 Å². The van der Waals surface area contributed by atoms with Crippen LogP contribution in [0.15, 0.2) is 65.9 Å². The van der Waals surface area contributed by atoms with E-state index in [4.69, 9.17) is 21.6 Å². The first-order valence-electron chi connectivity index (χ1n) is 10.1. The van der Waals surface area contributed by atoms with Gasteiger partial charge in [-0.3, -0.25) is 4.98 Å². The van der Waals surface area contributed by atoms with Crippen molar-refractivity contribution in [1.82, 2.24) is 9.97 Å². The summed E-state index contributed by atoms with van der Waals surface area (Å²) in [5.41, 5.74) is 7.87. The van der Waals surface area contributed by atoms with Gasteiger partial charge in [-0.1, -0.05) is 48.0 Å². The average molecular weight is 428 g/mol. The molecule has 0 N–H and O–H groups in total. The van der Waals surface area contributed by atoms with Crippen molar-refractivity contribution < 1.29 is 0 Å². The van der Waals surface area contributed by atoms with Gasteiger partial charge in [0.2, 0.25) is 0 Å². The Labute approximate surface area is 190 Å². The lowest BCUT2D eigenvalue weighted by Gasteiger charge is -2.15. The van der Waals surface area contributed by atoms with Crippen LogP contribution >= 0.6 is 11.6 Å². The lowest BCUT2D eigenvalue weighted by atomic mass is 10.0. The fraction of sp³-hybridized carbons (Fsp3) is 0.185. The second-order valence-electron chi connectivity index (χ2n) is 7.53. The molecule has 2 heterocycles. The third-order valence-electron chi connectivity index (χ3n) is 5.22. The second kappa shape index (κ2) is 10.1. The van der Waals surface area contributed by atoms with Crippen LogP contribution in [0.5, 0.6) is 0 Å². The molecule has 0 fully saturated rings. The first-order valence-corrected chi connectivity index (χ1v) is 10.5. The van der Waals surface area contributed by atoms with Crippen molar-refractivity contribution in [3.05, 3.63) is 94.0 Å². The highest BCUT2D eigenvalue weighted by Crippen LogP contribution is 2.28. The molecule has 0 atom stereocenters. The number of aromatic nitrogens is 2. The first kappa shape index (κ1) is 22.3. The molecule has 3 nitrogen and oxygen atoms in total. The molecule has 156 valence electrons. The zero-order valence-electron chi connectivity index (χ0n) is 18.1. The van der Waals surface area contributed by atoms with Crippen molar-refractivity contribution in [3.63, 3.8) is 0 Å².